The molecule has 0 saturated carbocycles. The zero-order valence-electron chi connectivity index (χ0n) is 17.9. The van der Waals surface area contributed by atoms with Crippen molar-refractivity contribution in [3.05, 3.63) is 89.3 Å². The zero-order chi connectivity index (χ0) is 21.5. The summed E-state index contributed by atoms with van der Waals surface area (Å²) in [5, 5.41) is 8.65. The van der Waals surface area contributed by atoms with Crippen molar-refractivity contribution in [2.75, 3.05) is 20.2 Å². The molecular weight excluding hydrogens is 388 g/mol. The van der Waals surface area contributed by atoms with Crippen LogP contribution in [0.2, 0.25) is 0 Å². The Labute approximate surface area is 183 Å². The van der Waals surface area contributed by atoms with Crippen LogP contribution in [0.1, 0.15) is 41.3 Å². The van der Waals surface area contributed by atoms with Crippen LogP contribution in [-0.2, 0) is 22.5 Å². The molecule has 1 aliphatic heterocycles. The molecule has 2 aromatic carbocycles. The van der Waals surface area contributed by atoms with Gasteiger partial charge in [-0.25, -0.2) is 9.48 Å². The minimum Gasteiger partial charge on any atom is -0.466 e. The van der Waals surface area contributed by atoms with Crippen molar-refractivity contribution in [1.29, 1.82) is 0 Å². The van der Waals surface area contributed by atoms with E-state index in [9.17, 15) is 4.79 Å². The van der Waals surface area contributed by atoms with Crippen LogP contribution in [0.25, 0.3) is 6.08 Å². The van der Waals surface area contributed by atoms with Crippen LogP contribution in [0, 0.1) is 0 Å². The lowest BCUT2D eigenvalue weighted by Gasteiger charge is -2.24. The van der Waals surface area contributed by atoms with Crippen LogP contribution in [0.5, 0.6) is 0 Å². The zero-order valence-corrected chi connectivity index (χ0v) is 17.9. The van der Waals surface area contributed by atoms with E-state index in [2.05, 4.69) is 62.5 Å². The number of benzene rings is 2. The minimum atomic E-state index is -0.341. The van der Waals surface area contributed by atoms with Gasteiger partial charge >= 0.3 is 5.97 Å². The lowest BCUT2D eigenvalue weighted by molar-refractivity contribution is -0.134. The molecule has 1 saturated heterocycles. The summed E-state index contributed by atoms with van der Waals surface area (Å²) in [5.41, 5.74) is 4.57. The predicted molar refractivity (Wildman–Crippen MR) is 120 cm³/mol. The summed E-state index contributed by atoms with van der Waals surface area (Å²) in [4.78, 5) is 13.8. The second-order valence-electron chi connectivity index (χ2n) is 7.86. The first kappa shape index (κ1) is 21.0. The van der Waals surface area contributed by atoms with Crippen molar-refractivity contribution in [2.24, 2.45) is 0 Å². The number of rotatable bonds is 8. The van der Waals surface area contributed by atoms with Crippen molar-refractivity contribution in [3.63, 3.8) is 0 Å². The molecule has 3 aromatic rings. The van der Waals surface area contributed by atoms with Crippen LogP contribution < -0.4 is 0 Å². The Morgan fingerprint density at radius 1 is 1.16 bits per heavy atom. The monoisotopic (exact) mass is 416 g/mol. The average Bonchev–Trinajstić information content (AvgIpc) is 3.46. The highest BCUT2D eigenvalue weighted by Gasteiger charge is 2.25. The normalized spacial score (nSPS) is 16.7. The molecule has 1 atom stereocenters. The van der Waals surface area contributed by atoms with Gasteiger partial charge in [-0.05, 0) is 42.2 Å². The molecule has 0 bridgehead atoms. The number of ether oxygens (including phenoxy) is 1. The highest BCUT2D eigenvalue weighted by atomic mass is 16.5. The first-order valence-electron chi connectivity index (χ1n) is 10.7. The van der Waals surface area contributed by atoms with Gasteiger partial charge in [0.2, 0.25) is 0 Å². The molecule has 0 radical (unpaired) electrons. The number of carbonyl (C=O) groups is 1. The van der Waals surface area contributed by atoms with Crippen molar-refractivity contribution < 1.29 is 9.53 Å². The van der Waals surface area contributed by atoms with Crippen LogP contribution in [-0.4, -0.2) is 46.1 Å². The largest absolute Gasteiger partial charge is 0.466 e. The maximum absolute atomic E-state index is 11.3. The van der Waals surface area contributed by atoms with E-state index in [1.54, 1.807) is 6.08 Å². The Kier molecular flexibility index (Phi) is 6.89. The predicted octanol–water partition coefficient (Wildman–Crippen LogP) is 3.89. The molecule has 1 aliphatic rings. The molecule has 1 fully saturated rings. The fourth-order valence-electron chi connectivity index (χ4n) is 4.09. The van der Waals surface area contributed by atoms with Crippen molar-refractivity contribution in [3.8, 4) is 0 Å². The van der Waals surface area contributed by atoms with Crippen LogP contribution in [0.4, 0.5) is 0 Å². The van der Waals surface area contributed by atoms with Crippen LogP contribution in [0.3, 0.4) is 0 Å². The van der Waals surface area contributed by atoms with Crippen LogP contribution >= 0.6 is 0 Å². The second kappa shape index (κ2) is 10.2. The molecule has 6 nitrogen and oxygen atoms in total. The van der Waals surface area contributed by atoms with E-state index in [0.29, 0.717) is 6.04 Å². The molecule has 6 heteroatoms. The fraction of sp³-hybridized carbons (Fsp3) is 0.320. The quantitative estimate of drug-likeness (QED) is 0.412. The van der Waals surface area contributed by atoms with Gasteiger partial charge in [0, 0.05) is 31.3 Å². The molecule has 0 spiro atoms. The van der Waals surface area contributed by atoms with Gasteiger partial charge in [0.05, 0.1) is 19.3 Å². The Morgan fingerprint density at radius 3 is 2.74 bits per heavy atom. The average molecular weight is 417 g/mol. The molecule has 1 aromatic heterocycles. The Bertz CT molecular complexity index is 1010. The molecule has 0 amide bonds. The van der Waals surface area contributed by atoms with E-state index in [0.717, 1.165) is 43.7 Å². The first-order chi connectivity index (χ1) is 15.2. The summed E-state index contributed by atoms with van der Waals surface area (Å²) in [5.74, 6) is -0.341. The molecule has 31 heavy (non-hydrogen) atoms. The third-order valence-electron chi connectivity index (χ3n) is 5.73. The Hall–Kier alpha value is -3.25. The first-order valence-corrected chi connectivity index (χ1v) is 10.7. The maximum atomic E-state index is 11.3. The Balaban J connectivity index is 1.33. The van der Waals surface area contributed by atoms with Crippen molar-refractivity contribution in [1.82, 2.24) is 19.9 Å². The topological polar surface area (TPSA) is 60.2 Å². The van der Waals surface area contributed by atoms with E-state index in [-0.39, 0.29) is 5.97 Å². The number of nitrogens with zero attached hydrogens (tertiary/aromatic N) is 4. The van der Waals surface area contributed by atoms with Gasteiger partial charge in [0.15, 0.2) is 0 Å². The van der Waals surface area contributed by atoms with E-state index in [1.165, 1.54) is 30.7 Å². The number of carbonyl (C=O) groups excluding carboxylic acids is 1. The van der Waals surface area contributed by atoms with Gasteiger partial charge in [-0.15, -0.1) is 5.10 Å². The van der Waals surface area contributed by atoms with Gasteiger partial charge in [0.1, 0.15) is 0 Å². The van der Waals surface area contributed by atoms with Gasteiger partial charge in [0.25, 0.3) is 0 Å². The summed E-state index contributed by atoms with van der Waals surface area (Å²) in [6.07, 6.45) is 8.54. The summed E-state index contributed by atoms with van der Waals surface area (Å²) in [7, 11) is 1.38. The summed E-state index contributed by atoms with van der Waals surface area (Å²) in [6.45, 7) is 2.82. The van der Waals surface area contributed by atoms with Gasteiger partial charge in [-0.3, -0.25) is 4.90 Å². The molecule has 0 N–H and O–H groups in total. The van der Waals surface area contributed by atoms with Crippen LogP contribution in [0.15, 0.2) is 66.9 Å². The number of aromatic nitrogens is 3. The summed E-state index contributed by atoms with van der Waals surface area (Å²) < 4.78 is 6.55. The number of likely N-dealkylation sites (tertiary alicyclic amines) is 1. The summed E-state index contributed by atoms with van der Waals surface area (Å²) >= 11 is 0. The molecule has 160 valence electrons. The second-order valence-corrected chi connectivity index (χ2v) is 7.86. The molecular formula is C25H28N4O2. The minimum absolute atomic E-state index is 0.341. The number of methoxy groups -OCH3 is 1. The third kappa shape index (κ3) is 5.67. The van der Waals surface area contributed by atoms with Gasteiger partial charge in [-0.2, -0.15) is 0 Å². The molecule has 2 heterocycles. The van der Waals surface area contributed by atoms with E-state index in [1.807, 2.05) is 22.9 Å². The Morgan fingerprint density at radius 2 is 1.97 bits per heavy atom. The molecule has 1 unspecified atom stereocenters. The standard InChI is InChI=1S/C25H28N4O2/c1-31-25(30)14-11-20-9-12-22(13-10-20)24-8-5-16-28(24)17-15-23-19-29(27-26-23)18-21-6-3-2-4-7-21/h2-4,6-7,9-14,19,24H,5,8,15-18H2,1H3. The molecule has 0 aliphatic carbocycles. The van der Waals surface area contributed by atoms with Gasteiger partial charge < -0.3 is 4.74 Å². The number of hydrogen-bond donors (Lipinski definition) is 0. The van der Waals surface area contributed by atoms with Crippen molar-refractivity contribution in [2.45, 2.75) is 31.8 Å². The maximum Gasteiger partial charge on any atom is 0.330 e. The SMILES string of the molecule is COC(=O)C=Cc1ccc(C2CCCN2CCc2cn(Cc3ccccc3)nn2)cc1. The number of esters is 1. The van der Waals surface area contributed by atoms with Gasteiger partial charge in [-0.1, -0.05) is 59.8 Å². The fourth-order valence-corrected chi connectivity index (χ4v) is 4.09. The van der Waals surface area contributed by atoms with E-state index >= 15 is 0 Å². The van der Waals surface area contributed by atoms with Crippen molar-refractivity contribution >= 4 is 12.0 Å². The highest BCUT2D eigenvalue weighted by Crippen LogP contribution is 2.32. The molecule has 4 rings (SSSR count). The smallest absolute Gasteiger partial charge is 0.330 e. The van der Waals surface area contributed by atoms with E-state index in [4.69, 9.17) is 0 Å². The lowest BCUT2D eigenvalue weighted by Crippen LogP contribution is -2.25. The van der Waals surface area contributed by atoms with E-state index < -0.39 is 0 Å². The highest BCUT2D eigenvalue weighted by molar-refractivity contribution is 5.86. The third-order valence-corrected chi connectivity index (χ3v) is 5.73. The summed E-state index contributed by atoms with van der Waals surface area (Å²) in [6, 6.07) is 19.2. The lowest BCUT2D eigenvalue weighted by atomic mass is 10.0. The number of hydrogen-bond acceptors (Lipinski definition) is 5.